The van der Waals surface area contributed by atoms with Gasteiger partial charge in [0.1, 0.15) is 0 Å². The number of carbonyl (C=O) groups is 1. The Morgan fingerprint density at radius 3 is 3.07 bits per heavy atom. The summed E-state index contributed by atoms with van der Waals surface area (Å²) in [5.74, 6) is -0.117. The number of hydrogen-bond acceptors (Lipinski definition) is 3. The van der Waals surface area contributed by atoms with Gasteiger partial charge in [0.05, 0.1) is 12.2 Å². The van der Waals surface area contributed by atoms with E-state index < -0.39 is 0 Å². The first-order valence-corrected chi connectivity index (χ1v) is 5.26. The number of hydrogen-bond donors (Lipinski definition) is 0. The Balaban J connectivity index is 2.05. The molecule has 0 N–H and O–H groups in total. The lowest BCUT2D eigenvalue weighted by Crippen LogP contribution is -2.33. The molecule has 2 saturated heterocycles. The SMILES string of the molecule is C=C1C(CCC)O[C@H]2CCC(=O)O[C@@H]12. The van der Waals surface area contributed by atoms with E-state index >= 15 is 0 Å². The summed E-state index contributed by atoms with van der Waals surface area (Å²) in [6, 6.07) is 0. The van der Waals surface area contributed by atoms with Crippen molar-refractivity contribution in [2.75, 3.05) is 0 Å². The Morgan fingerprint density at radius 1 is 1.57 bits per heavy atom. The molecule has 2 heterocycles. The lowest BCUT2D eigenvalue weighted by Gasteiger charge is -2.23. The maximum absolute atomic E-state index is 11.1. The Kier molecular flexibility index (Phi) is 2.59. The number of carbonyl (C=O) groups excluding carboxylic acids is 1. The molecule has 0 saturated carbocycles. The van der Waals surface area contributed by atoms with Crippen LogP contribution in [0.1, 0.15) is 32.6 Å². The van der Waals surface area contributed by atoms with Crippen LogP contribution in [0.15, 0.2) is 12.2 Å². The second-order valence-corrected chi connectivity index (χ2v) is 3.98. The Morgan fingerprint density at radius 2 is 2.36 bits per heavy atom. The molecule has 0 bridgehead atoms. The van der Waals surface area contributed by atoms with Crippen molar-refractivity contribution in [2.45, 2.75) is 50.9 Å². The molecular formula is C11H16O3. The quantitative estimate of drug-likeness (QED) is 0.499. The molecule has 0 aromatic carbocycles. The van der Waals surface area contributed by atoms with Gasteiger partial charge in [0, 0.05) is 6.42 Å². The van der Waals surface area contributed by atoms with Crippen LogP contribution < -0.4 is 0 Å². The molecule has 2 fully saturated rings. The normalized spacial score (nSPS) is 36.8. The van der Waals surface area contributed by atoms with E-state index in [1.54, 1.807) is 0 Å². The van der Waals surface area contributed by atoms with Crippen molar-refractivity contribution in [1.82, 2.24) is 0 Å². The summed E-state index contributed by atoms with van der Waals surface area (Å²) in [6.07, 6.45) is 3.29. The average Bonchev–Trinajstić information content (AvgIpc) is 2.46. The van der Waals surface area contributed by atoms with Crippen molar-refractivity contribution < 1.29 is 14.3 Å². The standard InChI is InChI=1S/C11H16O3/c1-3-4-8-7(2)11-9(13-8)5-6-10(12)14-11/h8-9,11H,2-6H2,1H3/t8?,9-,11-/m0/s1. The van der Waals surface area contributed by atoms with Crippen LogP contribution in [-0.4, -0.2) is 24.3 Å². The van der Waals surface area contributed by atoms with Gasteiger partial charge in [0.25, 0.3) is 0 Å². The highest BCUT2D eigenvalue weighted by atomic mass is 16.6. The van der Waals surface area contributed by atoms with Crippen molar-refractivity contribution in [3.8, 4) is 0 Å². The molecule has 2 rings (SSSR count). The predicted molar refractivity (Wildman–Crippen MR) is 51.8 cm³/mol. The third-order valence-corrected chi connectivity index (χ3v) is 2.90. The second kappa shape index (κ2) is 3.73. The number of esters is 1. The molecule has 3 heteroatoms. The monoisotopic (exact) mass is 196 g/mol. The van der Waals surface area contributed by atoms with Gasteiger partial charge >= 0.3 is 5.97 Å². The van der Waals surface area contributed by atoms with Gasteiger partial charge in [-0.3, -0.25) is 4.79 Å². The molecule has 0 aromatic rings. The van der Waals surface area contributed by atoms with Crippen LogP contribution in [0.25, 0.3) is 0 Å². The van der Waals surface area contributed by atoms with Gasteiger partial charge in [-0.25, -0.2) is 0 Å². The van der Waals surface area contributed by atoms with Gasteiger partial charge in [0.15, 0.2) is 6.10 Å². The Hall–Kier alpha value is -0.830. The molecule has 1 unspecified atom stereocenters. The first-order chi connectivity index (χ1) is 6.72. The molecule has 78 valence electrons. The third-order valence-electron chi connectivity index (χ3n) is 2.90. The first-order valence-electron chi connectivity index (χ1n) is 5.26. The van der Waals surface area contributed by atoms with Crippen LogP contribution in [0.5, 0.6) is 0 Å². The van der Waals surface area contributed by atoms with E-state index in [-0.39, 0.29) is 24.3 Å². The molecule has 0 radical (unpaired) electrons. The maximum Gasteiger partial charge on any atom is 0.306 e. The van der Waals surface area contributed by atoms with E-state index in [9.17, 15) is 4.79 Å². The Labute approximate surface area is 84.1 Å². The summed E-state index contributed by atoms with van der Waals surface area (Å²) in [5.41, 5.74) is 0.949. The van der Waals surface area contributed by atoms with Crippen molar-refractivity contribution in [3.63, 3.8) is 0 Å². The Bertz CT molecular complexity index is 259. The molecule has 0 aromatic heterocycles. The van der Waals surface area contributed by atoms with E-state index in [0.29, 0.717) is 6.42 Å². The van der Waals surface area contributed by atoms with Crippen molar-refractivity contribution in [2.24, 2.45) is 0 Å². The number of ether oxygens (including phenoxy) is 2. The van der Waals surface area contributed by atoms with Crippen LogP contribution in [0.4, 0.5) is 0 Å². The minimum atomic E-state index is -0.173. The molecule has 3 atom stereocenters. The van der Waals surface area contributed by atoms with Crippen molar-refractivity contribution in [3.05, 3.63) is 12.2 Å². The van der Waals surface area contributed by atoms with Gasteiger partial charge in [-0.1, -0.05) is 19.9 Å². The lowest BCUT2D eigenvalue weighted by molar-refractivity contribution is -0.158. The average molecular weight is 196 g/mol. The molecule has 2 aliphatic heterocycles. The molecule has 2 aliphatic rings. The van der Waals surface area contributed by atoms with Gasteiger partial charge in [-0.15, -0.1) is 0 Å². The van der Waals surface area contributed by atoms with E-state index in [2.05, 4.69) is 13.5 Å². The topological polar surface area (TPSA) is 35.5 Å². The summed E-state index contributed by atoms with van der Waals surface area (Å²) in [7, 11) is 0. The molecule has 14 heavy (non-hydrogen) atoms. The first kappa shape index (κ1) is 9.71. The summed E-state index contributed by atoms with van der Waals surface area (Å²) < 4.78 is 11.0. The van der Waals surface area contributed by atoms with Gasteiger partial charge in [-0.2, -0.15) is 0 Å². The molecule has 0 spiro atoms. The van der Waals surface area contributed by atoms with E-state index in [4.69, 9.17) is 9.47 Å². The number of rotatable bonds is 2. The third kappa shape index (κ3) is 1.57. The second-order valence-electron chi connectivity index (χ2n) is 3.98. The van der Waals surface area contributed by atoms with Crippen LogP contribution in [0.3, 0.4) is 0 Å². The fourth-order valence-corrected chi connectivity index (χ4v) is 2.14. The zero-order valence-corrected chi connectivity index (χ0v) is 8.49. The van der Waals surface area contributed by atoms with E-state index in [1.165, 1.54) is 0 Å². The van der Waals surface area contributed by atoms with Crippen LogP contribution in [-0.2, 0) is 14.3 Å². The van der Waals surface area contributed by atoms with Gasteiger partial charge in [0.2, 0.25) is 0 Å². The van der Waals surface area contributed by atoms with E-state index in [1.807, 2.05) is 0 Å². The fourth-order valence-electron chi connectivity index (χ4n) is 2.14. The minimum Gasteiger partial charge on any atom is -0.455 e. The molecule has 0 amide bonds. The van der Waals surface area contributed by atoms with Crippen LogP contribution in [0.2, 0.25) is 0 Å². The summed E-state index contributed by atoms with van der Waals surface area (Å²) in [6.45, 7) is 6.09. The zero-order valence-electron chi connectivity index (χ0n) is 8.49. The largest absolute Gasteiger partial charge is 0.455 e. The zero-order chi connectivity index (χ0) is 10.1. The van der Waals surface area contributed by atoms with Crippen LogP contribution in [0, 0.1) is 0 Å². The maximum atomic E-state index is 11.1. The van der Waals surface area contributed by atoms with Crippen molar-refractivity contribution in [1.29, 1.82) is 0 Å². The molecular weight excluding hydrogens is 180 g/mol. The highest BCUT2D eigenvalue weighted by molar-refractivity contribution is 5.71. The number of fused-ring (bicyclic) bond motifs is 1. The predicted octanol–water partition coefficient (Wildman–Crippen LogP) is 1.82. The summed E-state index contributed by atoms with van der Waals surface area (Å²) in [4.78, 5) is 11.1. The van der Waals surface area contributed by atoms with E-state index in [0.717, 1.165) is 24.8 Å². The van der Waals surface area contributed by atoms with Gasteiger partial charge < -0.3 is 9.47 Å². The van der Waals surface area contributed by atoms with Gasteiger partial charge in [-0.05, 0) is 18.4 Å². The lowest BCUT2D eigenvalue weighted by atomic mass is 9.98. The smallest absolute Gasteiger partial charge is 0.306 e. The highest BCUT2D eigenvalue weighted by Crippen LogP contribution is 2.35. The molecule has 0 aliphatic carbocycles. The summed E-state index contributed by atoms with van der Waals surface area (Å²) >= 11 is 0. The van der Waals surface area contributed by atoms with Crippen LogP contribution >= 0.6 is 0 Å². The van der Waals surface area contributed by atoms with Crippen molar-refractivity contribution >= 4 is 5.97 Å². The fraction of sp³-hybridized carbons (Fsp3) is 0.727. The highest BCUT2D eigenvalue weighted by Gasteiger charge is 2.43. The minimum absolute atomic E-state index is 0.0664. The molecule has 3 nitrogen and oxygen atoms in total. The summed E-state index contributed by atoms with van der Waals surface area (Å²) in [5, 5.41) is 0.